The molecule has 0 saturated carbocycles. The summed E-state index contributed by atoms with van der Waals surface area (Å²) in [7, 11) is 0. The lowest BCUT2D eigenvalue weighted by atomic mass is 10.1. The van der Waals surface area contributed by atoms with Crippen LogP contribution in [0.15, 0.2) is 54.6 Å². The Bertz CT molecular complexity index is 1090. The molecule has 0 saturated heterocycles. The Labute approximate surface area is 178 Å². The average molecular weight is 457 g/mol. The highest BCUT2D eigenvalue weighted by Crippen LogP contribution is 2.31. The molecule has 2 aromatic carbocycles. The minimum Gasteiger partial charge on any atom is -0.367 e. The van der Waals surface area contributed by atoms with E-state index in [2.05, 4.69) is 15.2 Å². The second kappa shape index (κ2) is 9.03. The Morgan fingerprint density at radius 2 is 1.72 bits per heavy atom. The third kappa shape index (κ3) is 6.10. The van der Waals surface area contributed by atoms with Crippen molar-refractivity contribution in [2.45, 2.75) is 25.9 Å². The highest BCUT2D eigenvalue weighted by molar-refractivity contribution is 6.04. The molecule has 0 aliphatic carbocycles. The van der Waals surface area contributed by atoms with Gasteiger partial charge in [-0.3, -0.25) is 4.79 Å². The number of hydrogen-bond acceptors (Lipinski definition) is 3. The van der Waals surface area contributed by atoms with E-state index in [1.165, 1.54) is 47.1 Å². The Kier molecular flexibility index (Phi) is 6.58. The van der Waals surface area contributed by atoms with E-state index in [0.717, 1.165) is 12.1 Å². The number of rotatable bonds is 6. The monoisotopic (exact) mass is 457 g/mol. The van der Waals surface area contributed by atoms with Crippen LogP contribution in [-0.4, -0.2) is 28.5 Å². The maximum atomic E-state index is 13.0. The van der Waals surface area contributed by atoms with E-state index in [1.807, 2.05) is 0 Å². The predicted octanol–water partition coefficient (Wildman–Crippen LogP) is 5.53. The molecule has 0 atom stereocenters. The number of carbonyl (C=O) groups is 1. The summed E-state index contributed by atoms with van der Waals surface area (Å²) in [6, 6.07) is 11.7. The first kappa shape index (κ1) is 23.3. The normalized spacial score (nSPS) is 12.1. The third-order valence-corrected chi connectivity index (χ3v) is 4.24. The van der Waals surface area contributed by atoms with Gasteiger partial charge >= 0.3 is 12.4 Å². The van der Waals surface area contributed by atoms with Crippen LogP contribution in [0.25, 0.3) is 5.69 Å². The zero-order chi connectivity index (χ0) is 23.5. The molecular formula is C21H17F6N3O2. The Balaban J connectivity index is 1.74. The van der Waals surface area contributed by atoms with Gasteiger partial charge in [-0.15, -0.1) is 0 Å². The van der Waals surface area contributed by atoms with E-state index in [1.54, 1.807) is 6.92 Å². The molecule has 0 aliphatic heterocycles. The molecule has 0 bridgehead atoms. The molecule has 0 radical (unpaired) electrons. The second-order valence-electron chi connectivity index (χ2n) is 6.89. The van der Waals surface area contributed by atoms with Crippen molar-refractivity contribution in [2.75, 3.05) is 11.9 Å². The summed E-state index contributed by atoms with van der Waals surface area (Å²) in [5.74, 6) is -0.412. The predicted molar refractivity (Wildman–Crippen MR) is 103 cm³/mol. The molecular weight excluding hydrogens is 440 g/mol. The van der Waals surface area contributed by atoms with Gasteiger partial charge in [0.25, 0.3) is 5.91 Å². The number of benzene rings is 2. The Hall–Kier alpha value is -3.34. The first-order valence-electron chi connectivity index (χ1n) is 9.21. The van der Waals surface area contributed by atoms with Crippen molar-refractivity contribution in [3.8, 4) is 5.69 Å². The zero-order valence-electron chi connectivity index (χ0n) is 16.6. The topological polar surface area (TPSA) is 56.1 Å². The number of nitrogens with zero attached hydrogens (tertiary/aromatic N) is 2. The van der Waals surface area contributed by atoms with Gasteiger partial charge in [0.15, 0.2) is 0 Å². The van der Waals surface area contributed by atoms with Gasteiger partial charge in [-0.2, -0.15) is 31.4 Å². The molecule has 1 aromatic heterocycles. The smallest absolute Gasteiger partial charge is 0.367 e. The molecule has 3 rings (SSSR count). The van der Waals surface area contributed by atoms with E-state index in [-0.39, 0.29) is 23.7 Å². The maximum absolute atomic E-state index is 13.0. The lowest BCUT2D eigenvalue weighted by Gasteiger charge is -2.12. The highest BCUT2D eigenvalue weighted by Gasteiger charge is 2.31. The minimum atomic E-state index is -4.53. The van der Waals surface area contributed by atoms with Gasteiger partial charge in [-0.05, 0) is 42.8 Å². The van der Waals surface area contributed by atoms with Gasteiger partial charge in [0.2, 0.25) is 0 Å². The van der Waals surface area contributed by atoms with Crippen LogP contribution in [0.5, 0.6) is 0 Å². The summed E-state index contributed by atoms with van der Waals surface area (Å²) in [6.45, 7) is -0.0352. The van der Waals surface area contributed by atoms with E-state index >= 15 is 0 Å². The SMILES string of the molecule is Cc1cc(NC(=O)c2ccc(COCC(F)(F)F)cc2)n(-c2cccc(C(F)(F)F)c2)n1. The van der Waals surface area contributed by atoms with Crippen molar-refractivity contribution in [3.63, 3.8) is 0 Å². The second-order valence-corrected chi connectivity index (χ2v) is 6.89. The summed E-state index contributed by atoms with van der Waals surface area (Å²) in [4.78, 5) is 12.6. The number of aryl methyl sites for hydroxylation is 1. The molecule has 11 heteroatoms. The quantitative estimate of drug-likeness (QED) is 0.496. The maximum Gasteiger partial charge on any atom is 0.416 e. The zero-order valence-corrected chi connectivity index (χ0v) is 16.6. The van der Waals surface area contributed by atoms with Gasteiger partial charge in [0.1, 0.15) is 12.4 Å². The number of nitrogens with one attached hydrogen (secondary N) is 1. The molecule has 0 unspecified atom stereocenters. The van der Waals surface area contributed by atoms with Crippen LogP contribution < -0.4 is 5.32 Å². The minimum absolute atomic E-state index is 0.111. The number of ether oxygens (including phenoxy) is 1. The van der Waals surface area contributed by atoms with E-state index in [4.69, 9.17) is 0 Å². The summed E-state index contributed by atoms with van der Waals surface area (Å²) in [5, 5.41) is 6.73. The van der Waals surface area contributed by atoms with Crippen molar-refractivity contribution >= 4 is 11.7 Å². The number of carbonyl (C=O) groups excluding carboxylic acids is 1. The van der Waals surface area contributed by atoms with Gasteiger partial charge in [0.05, 0.1) is 23.6 Å². The number of anilines is 1. The largest absolute Gasteiger partial charge is 0.416 e. The standard InChI is InChI=1S/C21H17F6N3O2/c1-13-9-18(30(29-13)17-4-2-3-16(10-17)21(25,26)27)28-19(31)15-7-5-14(6-8-15)11-32-12-20(22,23)24/h2-10H,11-12H2,1H3,(H,28,31). The lowest BCUT2D eigenvalue weighted by molar-refractivity contribution is -0.176. The van der Waals surface area contributed by atoms with Crippen molar-refractivity contribution in [2.24, 2.45) is 0 Å². The molecule has 1 N–H and O–H groups in total. The van der Waals surface area contributed by atoms with Crippen LogP contribution in [-0.2, 0) is 17.5 Å². The summed E-state index contributed by atoms with van der Waals surface area (Å²) >= 11 is 0. The fourth-order valence-corrected chi connectivity index (χ4v) is 2.82. The molecule has 0 fully saturated rings. The van der Waals surface area contributed by atoms with E-state index in [9.17, 15) is 31.1 Å². The average Bonchev–Trinajstić information content (AvgIpc) is 3.07. The number of hydrogen-bond donors (Lipinski definition) is 1. The van der Waals surface area contributed by atoms with Crippen molar-refractivity contribution in [1.29, 1.82) is 0 Å². The van der Waals surface area contributed by atoms with E-state index in [0.29, 0.717) is 11.3 Å². The lowest BCUT2D eigenvalue weighted by Crippen LogP contribution is -2.17. The molecule has 0 aliphatic rings. The molecule has 3 aromatic rings. The van der Waals surface area contributed by atoms with Crippen molar-refractivity contribution < 1.29 is 35.9 Å². The summed E-state index contributed by atoms with van der Waals surface area (Å²) < 4.78 is 81.2. The van der Waals surface area contributed by atoms with Gasteiger partial charge in [0, 0.05) is 11.6 Å². The fourth-order valence-electron chi connectivity index (χ4n) is 2.82. The van der Waals surface area contributed by atoms with Gasteiger partial charge < -0.3 is 10.1 Å². The molecule has 32 heavy (non-hydrogen) atoms. The molecule has 0 spiro atoms. The number of halogens is 6. The highest BCUT2D eigenvalue weighted by atomic mass is 19.4. The summed E-state index contributed by atoms with van der Waals surface area (Å²) in [5.41, 5.74) is 0.355. The van der Waals surface area contributed by atoms with Crippen LogP contribution in [0.1, 0.15) is 27.2 Å². The van der Waals surface area contributed by atoms with Crippen LogP contribution in [0.2, 0.25) is 0 Å². The Morgan fingerprint density at radius 1 is 1.03 bits per heavy atom. The van der Waals surface area contributed by atoms with Gasteiger partial charge in [-0.25, -0.2) is 4.68 Å². The number of aromatic nitrogens is 2. The molecule has 1 amide bonds. The Morgan fingerprint density at radius 3 is 2.34 bits per heavy atom. The van der Waals surface area contributed by atoms with Gasteiger partial charge in [-0.1, -0.05) is 18.2 Å². The van der Waals surface area contributed by atoms with Crippen LogP contribution in [0, 0.1) is 6.92 Å². The van der Waals surface area contributed by atoms with Crippen LogP contribution >= 0.6 is 0 Å². The van der Waals surface area contributed by atoms with Crippen LogP contribution in [0.4, 0.5) is 32.2 Å². The first-order valence-corrected chi connectivity index (χ1v) is 9.21. The number of amides is 1. The first-order chi connectivity index (χ1) is 14.9. The van der Waals surface area contributed by atoms with Crippen LogP contribution in [0.3, 0.4) is 0 Å². The van der Waals surface area contributed by atoms with E-state index < -0.39 is 30.4 Å². The third-order valence-electron chi connectivity index (χ3n) is 4.24. The fraction of sp³-hybridized carbons (Fsp3) is 0.238. The summed E-state index contributed by atoms with van der Waals surface area (Å²) in [6.07, 6.45) is -8.96. The van der Waals surface area contributed by atoms with Crippen molar-refractivity contribution in [1.82, 2.24) is 9.78 Å². The molecule has 1 heterocycles. The molecule has 170 valence electrons. The number of alkyl halides is 6. The molecule has 5 nitrogen and oxygen atoms in total. The van der Waals surface area contributed by atoms with Crippen molar-refractivity contribution in [3.05, 3.63) is 77.0 Å².